The minimum absolute atomic E-state index is 0.462. The van der Waals surface area contributed by atoms with Crippen LogP contribution < -0.4 is 5.73 Å². The Kier molecular flexibility index (Phi) is 2.59. The molecule has 0 spiro atoms. The molecule has 0 bridgehead atoms. The van der Waals surface area contributed by atoms with E-state index in [1.54, 1.807) is 0 Å². The zero-order chi connectivity index (χ0) is 10.1. The Morgan fingerprint density at radius 1 is 1.57 bits per heavy atom. The van der Waals surface area contributed by atoms with Crippen molar-refractivity contribution in [3.05, 3.63) is 17.5 Å². The van der Waals surface area contributed by atoms with Gasteiger partial charge in [-0.2, -0.15) is 5.10 Å². The molecule has 1 unspecified atom stereocenters. The van der Waals surface area contributed by atoms with Crippen LogP contribution in [0, 0.1) is 5.92 Å². The fraction of sp³-hybridized carbons (Fsp3) is 0.727. The van der Waals surface area contributed by atoms with Crippen molar-refractivity contribution >= 4 is 0 Å². The quantitative estimate of drug-likeness (QED) is 0.768. The molecule has 1 aliphatic carbocycles. The number of hydrogen-bond donors (Lipinski definition) is 2. The molecule has 1 aliphatic rings. The lowest BCUT2D eigenvalue weighted by molar-refractivity contribution is 0.503. The van der Waals surface area contributed by atoms with E-state index in [4.69, 9.17) is 5.73 Å². The first kappa shape index (κ1) is 9.71. The minimum atomic E-state index is 0.462. The van der Waals surface area contributed by atoms with Gasteiger partial charge < -0.3 is 5.73 Å². The summed E-state index contributed by atoms with van der Waals surface area (Å²) in [7, 11) is 0. The van der Waals surface area contributed by atoms with Crippen molar-refractivity contribution in [1.82, 2.24) is 10.2 Å². The molecule has 1 aromatic heterocycles. The van der Waals surface area contributed by atoms with E-state index in [9.17, 15) is 0 Å². The maximum atomic E-state index is 5.81. The van der Waals surface area contributed by atoms with E-state index < -0.39 is 0 Å². The van der Waals surface area contributed by atoms with E-state index in [-0.39, 0.29) is 0 Å². The number of rotatable bonds is 4. The Bertz CT molecular complexity index is 299. The van der Waals surface area contributed by atoms with Crippen LogP contribution in [0.15, 0.2) is 6.20 Å². The van der Waals surface area contributed by atoms with E-state index in [1.165, 1.54) is 24.1 Å². The van der Waals surface area contributed by atoms with Crippen LogP contribution >= 0.6 is 0 Å². The fourth-order valence-corrected chi connectivity index (χ4v) is 2.06. The van der Waals surface area contributed by atoms with Crippen LogP contribution in [-0.4, -0.2) is 16.7 Å². The molecule has 1 fully saturated rings. The van der Waals surface area contributed by atoms with Crippen LogP contribution in [-0.2, 0) is 0 Å². The largest absolute Gasteiger partial charge is 0.330 e. The zero-order valence-electron chi connectivity index (χ0n) is 8.96. The summed E-state index contributed by atoms with van der Waals surface area (Å²) in [5.74, 6) is 1.79. The Labute approximate surface area is 85.1 Å². The normalized spacial score (nSPS) is 18.9. The van der Waals surface area contributed by atoms with Crippen molar-refractivity contribution in [2.75, 3.05) is 6.54 Å². The van der Waals surface area contributed by atoms with Gasteiger partial charge in [0.05, 0.1) is 6.20 Å². The van der Waals surface area contributed by atoms with Crippen molar-refractivity contribution in [3.8, 4) is 0 Å². The first-order valence-corrected chi connectivity index (χ1v) is 5.47. The Morgan fingerprint density at radius 2 is 2.29 bits per heavy atom. The predicted octanol–water partition coefficient (Wildman–Crippen LogP) is 1.99. The van der Waals surface area contributed by atoms with E-state index in [2.05, 4.69) is 24.0 Å². The molecule has 0 aromatic carbocycles. The van der Waals surface area contributed by atoms with Gasteiger partial charge in [0.2, 0.25) is 0 Å². The molecule has 0 aliphatic heterocycles. The summed E-state index contributed by atoms with van der Waals surface area (Å²) in [6.07, 6.45) is 4.58. The molecule has 3 heteroatoms. The number of nitrogens with one attached hydrogen (secondary N) is 1. The first-order chi connectivity index (χ1) is 6.74. The summed E-state index contributed by atoms with van der Waals surface area (Å²) in [5.41, 5.74) is 8.51. The maximum absolute atomic E-state index is 5.81. The highest BCUT2D eigenvalue weighted by Crippen LogP contribution is 2.42. The van der Waals surface area contributed by atoms with Crippen LogP contribution in [0.5, 0.6) is 0 Å². The number of nitrogens with zero attached hydrogens (tertiary/aromatic N) is 1. The second-order valence-electron chi connectivity index (χ2n) is 4.60. The Morgan fingerprint density at radius 3 is 2.79 bits per heavy atom. The number of hydrogen-bond acceptors (Lipinski definition) is 2. The fourth-order valence-electron chi connectivity index (χ4n) is 2.06. The number of aromatic amines is 1. The van der Waals surface area contributed by atoms with Crippen LogP contribution in [0.1, 0.15) is 49.8 Å². The predicted molar refractivity (Wildman–Crippen MR) is 57.2 cm³/mol. The Balaban J connectivity index is 2.24. The van der Waals surface area contributed by atoms with Gasteiger partial charge in [0.25, 0.3) is 0 Å². The van der Waals surface area contributed by atoms with Crippen molar-refractivity contribution < 1.29 is 0 Å². The highest BCUT2D eigenvalue weighted by Gasteiger charge is 2.30. The van der Waals surface area contributed by atoms with Gasteiger partial charge in [-0.3, -0.25) is 5.10 Å². The van der Waals surface area contributed by atoms with Gasteiger partial charge in [0, 0.05) is 17.5 Å². The van der Waals surface area contributed by atoms with Gasteiger partial charge >= 0.3 is 0 Å². The molecule has 0 radical (unpaired) electrons. The van der Waals surface area contributed by atoms with E-state index >= 15 is 0 Å². The van der Waals surface area contributed by atoms with Crippen LogP contribution in [0.25, 0.3) is 0 Å². The third-order valence-corrected chi connectivity index (χ3v) is 3.14. The molecule has 1 aromatic rings. The highest BCUT2D eigenvalue weighted by molar-refractivity contribution is 5.28. The van der Waals surface area contributed by atoms with Gasteiger partial charge in [-0.1, -0.05) is 13.8 Å². The third-order valence-electron chi connectivity index (χ3n) is 3.14. The van der Waals surface area contributed by atoms with Crippen molar-refractivity contribution in [2.45, 2.75) is 38.5 Å². The molecule has 2 rings (SSSR count). The molecule has 1 atom stereocenters. The molecule has 14 heavy (non-hydrogen) atoms. The molecule has 3 N–H and O–H groups in total. The standard InChI is InChI=1S/C11H19N3/c1-7(2)9(5-12)10-6-13-14-11(10)8-3-4-8/h6-9H,3-5,12H2,1-2H3,(H,13,14). The van der Waals surface area contributed by atoms with Crippen LogP contribution in [0.3, 0.4) is 0 Å². The SMILES string of the molecule is CC(C)C(CN)c1cn[nH]c1C1CC1. The minimum Gasteiger partial charge on any atom is -0.330 e. The van der Waals surface area contributed by atoms with Gasteiger partial charge in [-0.25, -0.2) is 0 Å². The molecular weight excluding hydrogens is 174 g/mol. The maximum Gasteiger partial charge on any atom is 0.0525 e. The summed E-state index contributed by atoms with van der Waals surface area (Å²) < 4.78 is 0. The lowest BCUT2D eigenvalue weighted by Crippen LogP contribution is -2.18. The van der Waals surface area contributed by atoms with Gasteiger partial charge in [0.15, 0.2) is 0 Å². The summed E-state index contributed by atoms with van der Waals surface area (Å²) in [6, 6.07) is 0. The van der Waals surface area contributed by atoms with Crippen molar-refractivity contribution in [1.29, 1.82) is 0 Å². The summed E-state index contributed by atoms with van der Waals surface area (Å²) in [4.78, 5) is 0. The van der Waals surface area contributed by atoms with Crippen LogP contribution in [0.2, 0.25) is 0 Å². The molecular formula is C11H19N3. The molecule has 1 saturated carbocycles. The lowest BCUT2D eigenvalue weighted by atomic mass is 9.88. The van der Waals surface area contributed by atoms with E-state index in [1.807, 2.05) is 6.20 Å². The zero-order valence-corrected chi connectivity index (χ0v) is 8.96. The summed E-state index contributed by atoms with van der Waals surface area (Å²) in [6.45, 7) is 5.17. The molecule has 0 amide bonds. The van der Waals surface area contributed by atoms with E-state index in [0.717, 1.165) is 12.5 Å². The first-order valence-electron chi connectivity index (χ1n) is 5.47. The average Bonchev–Trinajstić information content (AvgIpc) is 2.88. The van der Waals surface area contributed by atoms with E-state index in [0.29, 0.717) is 11.8 Å². The third kappa shape index (κ3) is 1.69. The molecule has 0 saturated heterocycles. The average molecular weight is 193 g/mol. The van der Waals surface area contributed by atoms with Gasteiger partial charge in [0.1, 0.15) is 0 Å². The molecule has 3 nitrogen and oxygen atoms in total. The summed E-state index contributed by atoms with van der Waals surface area (Å²) >= 11 is 0. The number of nitrogens with two attached hydrogens (primary N) is 1. The van der Waals surface area contributed by atoms with Crippen LogP contribution in [0.4, 0.5) is 0 Å². The number of H-pyrrole nitrogens is 1. The molecule has 1 heterocycles. The van der Waals surface area contributed by atoms with Crippen molar-refractivity contribution in [2.24, 2.45) is 11.7 Å². The van der Waals surface area contributed by atoms with Crippen molar-refractivity contribution in [3.63, 3.8) is 0 Å². The smallest absolute Gasteiger partial charge is 0.0525 e. The van der Waals surface area contributed by atoms with Gasteiger partial charge in [-0.05, 0) is 30.9 Å². The second-order valence-corrected chi connectivity index (χ2v) is 4.60. The Hall–Kier alpha value is -0.830. The topological polar surface area (TPSA) is 54.7 Å². The van der Waals surface area contributed by atoms with Gasteiger partial charge in [-0.15, -0.1) is 0 Å². The molecule has 78 valence electrons. The summed E-state index contributed by atoms with van der Waals surface area (Å²) in [5, 5.41) is 7.29. The number of aromatic nitrogens is 2. The second kappa shape index (κ2) is 3.73. The monoisotopic (exact) mass is 193 g/mol. The lowest BCUT2D eigenvalue weighted by Gasteiger charge is -2.18. The highest BCUT2D eigenvalue weighted by atomic mass is 15.1.